The Morgan fingerprint density at radius 3 is 2.88 bits per heavy atom. The number of aromatic nitrogens is 1. The Balaban J connectivity index is 1.68. The molecule has 0 aliphatic rings. The maximum absolute atomic E-state index is 12.1. The fraction of sp³-hybridized carbons (Fsp3) is 0.118. The zero-order chi connectivity index (χ0) is 17.1. The van der Waals surface area contributed by atoms with Crippen molar-refractivity contribution in [2.24, 2.45) is 0 Å². The first-order valence-electron chi connectivity index (χ1n) is 7.13. The third-order valence-corrected chi connectivity index (χ3v) is 4.35. The number of rotatable bonds is 5. The molecule has 0 bridgehead atoms. The Kier molecular flexibility index (Phi) is 4.43. The van der Waals surface area contributed by atoms with E-state index in [2.05, 4.69) is 10.3 Å². The maximum atomic E-state index is 12.1. The van der Waals surface area contributed by atoms with Gasteiger partial charge in [-0.1, -0.05) is 6.07 Å². The van der Waals surface area contributed by atoms with Crippen LogP contribution in [-0.4, -0.2) is 22.0 Å². The number of benzene rings is 1. The highest BCUT2D eigenvalue weighted by Crippen LogP contribution is 2.24. The summed E-state index contributed by atoms with van der Waals surface area (Å²) >= 11 is 1.44. The number of carboxylic acid groups (broad SMARTS) is 1. The van der Waals surface area contributed by atoms with Crippen molar-refractivity contribution in [2.75, 3.05) is 5.32 Å². The second-order valence-corrected chi connectivity index (χ2v) is 6.07. The number of furan rings is 1. The Hall–Kier alpha value is -2.93. The van der Waals surface area contributed by atoms with Gasteiger partial charge < -0.3 is 14.8 Å². The SMILES string of the molecule is Cc1ccc(NC(=O)Cc2csc(-c3ccoc3)n2)cc1C(=O)O. The van der Waals surface area contributed by atoms with Crippen molar-refractivity contribution in [3.63, 3.8) is 0 Å². The van der Waals surface area contributed by atoms with Crippen LogP contribution in [0.25, 0.3) is 10.6 Å². The van der Waals surface area contributed by atoms with Crippen molar-refractivity contribution in [1.82, 2.24) is 4.98 Å². The second-order valence-electron chi connectivity index (χ2n) is 5.22. The molecule has 0 atom stereocenters. The van der Waals surface area contributed by atoms with Crippen LogP contribution in [0.4, 0.5) is 5.69 Å². The molecule has 0 saturated carbocycles. The van der Waals surface area contributed by atoms with Crippen molar-refractivity contribution >= 4 is 28.9 Å². The number of anilines is 1. The highest BCUT2D eigenvalue weighted by molar-refractivity contribution is 7.13. The Morgan fingerprint density at radius 1 is 1.33 bits per heavy atom. The summed E-state index contributed by atoms with van der Waals surface area (Å²) in [7, 11) is 0. The lowest BCUT2D eigenvalue weighted by Gasteiger charge is -2.07. The predicted octanol–water partition coefficient (Wildman–Crippen LogP) is 3.59. The molecule has 7 heteroatoms. The number of thiazole rings is 1. The minimum atomic E-state index is -1.02. The van der Waals surface area contributed by atoms with Crippen LogP contribution >= 0.6 is 11.3 Å². The van der Waals surface area contributed by atoms with Crippen LogP contribution in [0.3, 0.4) is 0 Å². The fourth-order valence-electron chi connectivity index (χ4n) is 2.21. The molecule has 2 N–H and O–H groups in total. The molecule has 0 unspecified atom stereocenters. The second kappa shape index (κ2) is 6.67. The van der Waals surface area contributed by atoms with Crippen LogP contribution < -0.4 is 5.32 Å². The first kappa shape index (κ1) is 15.9. The zero-order valence-corrected chi connectivity index (χ0v) is 13.6. The highest BCUT2D eigenvalue weighted by Gasteiger charge is 2.12. The van der Waals surface area contributed by atoms with Gasteiger partial charge in [0.1, 0.15) is 11.3 Å². The van der Waals surface area contributed by atoms with Crippen LogP contribution in [0, 0.1) is 6.92 Å². The van der Waals surface area contributed by atoms with Gasteiger partial charge in [0.15, 0.2) is 0 Å². The number of hydrogen-bond donors (Lipinski definition) is 2. The first-order chi connectivity index (χ1) is 11.5. The number of carboxylic acids is 1. The average molecular weight is 342 g/mol. The quantitative estimate of drug-likeness (QED) is 0.739. The largest absolute Gasteiger partial charge is 0.478 e. The van der Waals surface area contributed by atoms with E-state index in [-0.39, 0.29) is 17.9 Å². The topological polar surface area (TPSA) is 92.4 Å². The summed E-state index contributed by atoms with van der Waals surface area (Å²) in [5.74, 6) is -1.27. The van der Waals surface area contributed by atoms with E-state index in [1.165, 1.54) is 17.4 Å². The number of nitrogens with zero attached hydrogens (tertiary/aromatic N) is 1. The zero-order valence-electron chi connectivity index (χ0n) is 12.8. The van der Waals surface area contributed by atoms with Crippen LogP contribution in [0.5, 0.6) is 0 Å². The molecule has 0 aliphatic carbocycles. The molecule has 2 aromatic heterocycles. The van der Waals surface area contributed by atoms with Crippen LogP contribution in [0.1, 0.15) is 21.6 Å². The third kappa shape index (κ3) is 3.52. The number of carbonyl (C=O) groups excluding carboxylic acids is 1. The lowest BCUT2D eigenvalue weighted by Crippen LogP contribution is -2.15. The van der Waals surface area contributed by atoms with E-state index in [0.29, 0.717) is 16.9 Å². The smallest absolute Gasteiger partial charge is 0.336 e. The minimum absolute atomic E-state index is 0.116. The van der Waals surface area contributed by atoms with Crippen LogP contribution in [0.2, 0.25) is 0 Å². The molecule has 1 aromatic carbocycles. The molecular formula is C17H14N2O4S. The van der Waals surface area contributed by atoms with Gasteiger partial charge in [-0.3, -0.25) is 4.79 Å². The standard InChI is InChI=1S/C17H14N2O4S/c1-10-2-3-12(6-14(10)17(21)22)18-15(20)7-13-9-24-16(19-13)11-4-5-23-8-11/h2-6,8-9H,7H2,1H3,(H,18,20)(H,21,22). The van der Waals surface area contributed by atoms with Gasteiger partial charge in [0.25, 0.3) is 0 Å². The molecule has 0 spiro atoms. The van der Waals surface area contributed by atoms with E-state index in [9.17, 15) is 9.59 Å². The first-order valence-corrected chi connectivity index (χ1v) is 8.01. The number of hydrogen-bond acceptors (Lipinski definition) is 5. The maximum Gasteiger partial charge on any atom is 0.336 e. The fourth-order valence-corrected chi connectivity index (χ4v) is 3.01. The van der Waals surface area contributed by atoms with Crippen LogP contribution in [-0.2, 0) is 11.2 Å². The summed E-state index contributed by atoms with van der Waals surface area (Å²) in [5.41, 5.74) is 2.79. The van der Waals surface area contributed by atoms with E-state index in [1.807, 2.05) is 11.4 Å². The monoisotopic (exact) mass is 342 g/mol. The van der Waals surface area contributed by atoms with E-state index in [1.54, 1.807) is 31.6 Å². The molecule has 0 aliphatic heterocycles. The Morgan fingerprint density at radius 2 is 2.17 bits per heavy atom. The van der Waals surface area contributed by atoms with Gasteiger partial charge in [-0.15, -0.1) is 11.3 Å². The number of carbonyl (C=O) groups is 2. The van der Waals surface area contributed by atoms with Crippen molar-refractivity contribution in [3.05, 3.63) is 59.0 Å². The predicted molar refractivity (Wildman–Crippen MR) is 90.3 cm³/mol. The lowest BCUT2D eigenvalue weighted by molar-refractivity contribution is -0.115. The number of amides is 1. The molecule has 2 heterocycles. The van der Waals surface area contributed by atoms with Crippen LogP contribution in [0.15, 0.2) is 46.6 Å². The average Bonchev–Trinajstić information content (AvgIpc) is 3.19. The van der Waals surface area contributed by atoms with Gasteiger partial charge in [-0.25, -0.2) is 9.78 Å². The van der Waals surface area contributed by atoms with Crippen molar-refractivity contribution in [2.45, 2.75) is 13.3 Å². The van der Waals surface area contributed by atoms with Gasteiger partial charge in [0, 0.05) is 16.6 Å². The number of aryl methyl sites for hydroxylation is 1. The Labute approximate surface area is 141 Å². The van der Waals surface area contributed by atoms with Crippen molar-refractivity contribution < 1.29 is 19.1 Å². The van der Waals surface area contributed by atoms with Gasteiger partial charge in [0.2, 0.25) is 5.91 Å². The molecule has 0 fully saturated rings. The molecule has 3 rings (SSSR count). The van der Waals surface area contributed by atoms with Gasteiger partial charge in [0.05, 0.1) is 23.9 Å². The molecule has 24 heavy (non-hydrogen) atoms. The van der Waals surface area contributed by atoms with E-state index in [0.717, 1.165) is 10.6 Å². The summed E-state index contributed by atoms with van der Waals surface area (Å²) < 4.78 is 5.02. The van der Waals surface area contributed by atoms with Gasteiger partial charge in [-0.05, 0) is 30.7 Å². The van der Waals surface area contributed by atoms with Gasteiger partial charge >= 0.3 is 5.97 Å². The molecule has 1 amide bonds. The van der Waals surface area contributed by atoms with E-state index >= 15 is 0 Å². The molecule has 0 saturated heterocycles. The third-order valence-electron chi connectivity index (χ3n) is 3.41. The van der Waals surface area contributed by atoms with E-state index in [4.69, 9.17) is 9.52 Å². The molecule has 3 aromatic rings. The summed E-state index contributed by atoms with van der Waals surface area (Å²) in [5, 5.41) is 14.4. The van der Waals surface area contributed by atoms with Gasteiger partial charge in [-0.2, -0.15) is 0 Å². The lowest BCUT2D eigenvalue weighted by atomic mass is 10.1. The Bertz CT molecular complexity index is 884. The number of aromatic carboxylic acids is 1. The summed E-state index contributed by atoms with van der Waals surface area (Å²) in [4.78, 5) is 27.7. The minimum Gasteiger partial charge on any atom is -0.478 e. The highest BCUT2D eigenvalue weighted by atomic mass is 32.1. The van der Waals surface area contributed by atoms with E-state index < -0.39 is 5.97 Å². The normalized spacial score (nSPS) is 10.5. The summed E-state index contributed by atoms with van der Waals surface area (Å²) in [6.45, 7) is 1.71. The summed E-state index contributed by atoms with van der Waals surface area (Å²) in [6, 6.07) is 6.60. The molecule has 6 nitrogen and oxygen atoms in total. The van der Waals surface area contributed by atoms with Crippen molar-refractivity contribution in [3.8, 4) is 10.6 Å². The van der Waals surface area contributed by atoms with Crippen molar-refractivity contribution in [1.29, 1.82) is 0 Å². The molecule has 122 valence electrons. The molecule has 0 radical (unpaired) electrons. The molecular weight excluding hydrogens is 328 g/mol. The summed E-state index contributed by atoms with van der Waals surface area (Å²) in [6.07, 6.45) is 3.29. The number of nitrogens with one attached hydrogen (secondary N) is 1.